The van der Waals surface area contributed by atoms with Crippen molar-refractivity contribution in [1.82, 2.24) is 0 Å². The third kappa shape index (κ3) is 4.69. The number of para-hydroxylation sites is 2. The normalized spacial score (nSPS) is 15.3. The van der Waals surface area contributed by atoms with Crippen LogP contribution >= 0.6 is 0 Å². The van der Waals surface area contributed by atoms with Gasteiger partial charge in [-0.05, 0) is 52.8 Å². The Bertz CT molecular complexity index is 776. The first-order valence-corrected chi connectivity index (χ1v) is 12.6. The van der Waals surface area contributed by atoms with Gasteiger partial charge in [-0.25, -0.2) is 0 Å². The van der Waals surface area contributed by atoms with E-state index in [4.69, 9.17) is 4.74 Å². The molecule has 1 fully saturated rings. The summed E-state index contributed by atoms with van der Waals surface area (Å²) in [6.45, 7) is 23.2. The molecular formula is C29H44N2O. The van der Waals surface area contributed by atoms with Crippen LogP contribution in [-0.2, 0) is 4.74 Å². The standard InChI is InChI=1S/C29H44N2O/c1-10-32-29-30(27-23(19(2)3)13-11-14-24(27)20(4)5)17-18-31(29)28-25(21(6)7)15-12-16-26(28)22(8)9/h11-16,19-22,29H,10,17-18H2,1-9H3. The molecule has 3 heteroatoms. The quantitative estimate of drug-likeness (QED) is 0.419. The van der Waals surface area contributed by atoms with Crippen LogP contribution in [0, 0.1) is 0 Å². The van der Waals surface area contributed by atoms with Gasteiger partial charge in [0.05, 0.1) is 0 Å². The summed E-state index contributed by atoms with van der Waals surface area (Å²) in [5.41, 5.74) is 8.44. The molecule has 1 aliphatic heterocycles. The van der Waals surface area contributed by atoms with Crippen LogP contribution in [0.3, 0.4) is 0 Å². The third-order valence-corrected chi connectivity index (χ3v) is 6.69. The van der Waals surface area contributed by atoms with Gasteiger partial charge in [-0.3, -0.25) is 0 Å². The van der Waals surface area contributed by atoms with Gasteiger partial charge in [-0.2, -0.15) is 0 Å². The smallest absolute Gasteiger partial charge is 0.210 e. The summed E-state index contributed by atoms with van der Waals surface area (Å²) >= 11 is 0. The molecule has 0 amide bonds. The van der Waals surface area contributed by atoms with Crippen molar-refractivity contribution in [2.24, 2.45) is 0 Å². The average molecular weight is 437 g/mol. The lowest BCUT2D eigenvalue weighted by Gasteiger charge is -2.37. The van der Waals surface area contributed by atoms with Crippen molar-refractivity contribution in [3.05, 3.63) is 58.7 Å². The zero-order valence-corrected chi connectivity index (χ0v) is 21.8. The van der Waals surface area contributed by atoms with Gasteiger partial charge in [0.25, 0.3) is 0 Å². The van der Waals surface area contributed by atoms with Gasteiger partial charge in [-0.1, -0.05) is 91.8 Å². The molecule has 0 unspecified atom stereocenters. The van der Waals surface area contributed by atoms with Crippen LogP contribution in [0.4, 0.5) is 11.4 Å². The lowest BCUT2D eigenvalue weighted by Crippen LogP contribution is -2.43. The maximum atomic E-state index is 6.53. The molecular weight excluding hydrogens is 392 g/mol. The molecule has 3 rings (SSSR count). The van der Waals surface area contributed by atoms with Gasteiger partial charge in [0.2, 0.25) is 6.35 Å². The van der Waals surface area contributed by atoms with Crippen molar-refractivity contribution >= 4 is 11.4 Å². The molecule has 2 aromatic rings. The SMILES string of the molecule is CCOC1N(c2c(C(C)C)cccc2C(C)C)CCN1c1c(C(C)C)cccc1C(C)C. The van der Waals surface area contributed by atoms with Gasteiger partial charge in [0, 0.05) is 31.1 Å². The molecule has 0 bridgehead atoms. The second-order valence-electron chi connectivity index (χ2n) is 10.4. The van der Waals surface area contributed by atoms with E-state index in [0.717, 1.165) is 13.1 Å². The molecule has 0 aliphatic carbocycles. The minimum absolute atomic E-state index is 0.0881. The first kappa shape index (κ1) is 24.6. The van der Waals surface area contributed by atoms with E-state index in [-0.39, 0.29) is 6.35 Å². The molecule has 2 aromatic carbocycles. The number of benzene rings is 2. The van der Waals surface area contributed by atoms with Crippen molar-refractivity contribution < 1.29 is 4.74 Å². The molecule has 176 valence electrons. The fraction of sp³-hybridized carbons (Fsp3) is 0.586. The zero-order valence-electron chi connectivity index (χ0n) is 21.8. The largest absolute Gasteiger partial charge is 0.341 e. The average Bonchev–Trinajstić information content (AvgIpc) is 3.15. The van der Waals surface area contributed by atoms with E-state index in [2.05, 4.69) is 109 Å². The first-order chi connectivity index (χ1) is 15.2. The number of hydrogen-bond acceptors (Lipinski definition) is 3. The Hall–Kier alpha value is -2.00. The van der Waals surface area contributed by atoms with E-state index >= 15 is 0 Å². The molecule has 0 N–H and O–H groups in total. The second kappa shape index (κ2) is 10.3. The number of ether oxygens (including phenoxy) is 1. The van der Waals surface area contributed by atoms with Crippen LogP contribution in [0.25, 0.3) is 0 Å². The lowest BCUT2D eigenvalue weighted by atomic mass is 9.91. The topological polar surface area (TPSA) is 15.7 Å². The van der Waals surface area contributed by atoms with E-state index in [1.54, 1.807) is 0 Å². The van der Waals surface area contributed by atoms with Crippen molar-refractivity contribution in [2.45, 2.75) is 92.3 Å². The van der Waals surface area contributed by atoms with E-state index in [0.29, 0.717) is 30.3 Å². The van der Waals surface area contributed by atoms with Gasteiger partial charge >= 0.3 is 0 Å². The molecule has 0 atom stereocenters. The first-order valence-electron chi connectivity index (χ1n) is 12.6. The minimum Gasteiger partial charge on any atom is -0.341 e. The molecule has 3 nitrogen and oxygen atoms in total. The van der Waals surface area contributed by atoms with Crippen LogP contribution < -0.4 is 9.80 Å². The summed E-state index contributed by atoms with van der Waals surface area (Å²) in [4.78, 5) is 5.07. The summed E-state index contributed by atoms with van der Waals surface area (Å²) in [5, 5.41) is 0. The predicted molar refractivity (Wildman–Crippen MR) is 139 cm³/mol. The second-order valence-corrected chi connectivity index (χ2v) is 10.4. The highest BCUT2D eigenvalue weighted by molar-refractivity contribution is 5.68. The maximum absolute atomic E-state index is 6.53. The highest BCUT2D eigenvalue weighted by Crippen LogP contribution is 2.42. The molecule has 0 spiro atoms. The van der Waals surface area contributed by atoms with Crippen LogP contribution in [0.1, 0.15) is 108 Å². The summed E-state index contributed by atoms with van der Waals surface area (Å²) in [5.74, 6) is 1.87. The molecule has 1 saturated heterocycles. The Morgan fingerprint density at radius 2 is 0.969 bits per heavy atom. The maximum Gasteiger partial charge on any atom is 0.210 e. The molecule has 0 radical (unpaired) electrons. The van der Waals surface area contributed by atoms with Crippen LogP contribution in [-0.4, -0.2) is 26.0 Å². The minimum atomic E-state index is -0.0881. The number of hydrogen-bond donors (Lipinski definition) is 0. The van der Waals surface area contributed by atoms with Crippen molar-refractivity contribution in [1.29, 1.82) is 0 Å². The number of nitrogens with zero attached hydrogens (tertiary/aromatic N) is 2. The number of anilines is 2. The molecule has 1 heterocycles. The van der Waals surface area contributed by atoms with Crippen LogP contribution in [0.15, 0.2) is 36.4 Å². The highest BCUT2D eigenvalue weighted by Gasteiger charge is 2.38. The van der Waals surface area contributed by atoms with Gasteiger partial charge < -0.3 is 14.5 Å². The summed E-state index contributed by atoms with van der Waals surface area (Å²) in [6.07, 6.45) is -0.0881. The van der Waals surface area contributed by atoms with Gasteiger partial charge in [0.15, 0.2) is 0 Å². The molecule has 0 aromatic heterocycles. The Morgan fingerprint density at radius 3 is 1.22 bits per heavy atom. The predicted octanol–water partition coefficient (Wildman–Crippen LogP) is 7.83. The molecule has 1 aliphatic rings. The van der Waals surface area contributed by atoms with E-state index < -0.39 is 0 Å². The fourth-order valence-electron chi connectivity index (χ4n) is 5.06. The van der Waals surface area contributed by atoms with Gasteiger partial charge in [0.1, 0.15) is 0 Å². The third-order valence-electron chi connectivity index (χ3n) is 6.69. The fourth-order valence-corrected chi connectivity index (χ4v) is 5.06. The number of rotatable bonds is 8. The van der Waals surface area contributed by atoms with Crippen molar-refractivity contribution in [3.8, 4) is 0 Å². The highest BCUT2D eigenvalue weighted by atomic mass is 16.5. The summed E-state index contributed by atoms with van der Waals surface area (Å²) < 4.78 is 6.53. The Kier molecular flexibility index (Phi) is 7.92. The van der Waals surface area contributed by atoms with E-state index in [1.807, 2.05) is 0 Å². The Balaban J connectivity index is 2.18. The van der Waals surface area contributed by atoms with Crippen LogP contribution in [0.5, 0.6) is 0 Å². The van der Waals surface area contributed by atoms with Crippen molar-refractivity contribution in [3.63, 3.8) is 0 Å². The Morgan fingerprint density at radius 1 is 0.656 bits per heavy atom. The van der Waals surface area contributed by atoms with Crippen LogP contribution in [0.2, 0.25) is 0 Å². The van der Waals surface area contributed by atoms with Crippen molar-refractivity contribution in [2.75, 3.05) is 29.5 Å². The monoisotopic (exact) mass is 436 g/mol. The molecule has 32 heavy (non-hydrogen) atoms. The lowest BCUT2D eigenvalue weighted by molar-refractivity contribution is 0.0725. The molecule has 0 saturated carbocycles. The summed E-state index contributed by atoms with van der Waals surface area (Å²) in [6, 6.07) is 13.7. The Labute approximate surface area is 196 Å². The summed E-state index contributed by atoms with van der Waals surface area (Å²) in [7, 11) is 0. The van der Waals surface area contributed by atoms with E-state index in [1.165, 1.54) is 33.6 Å². The van der Waals surface area contributed by atoms with Gasteiger partial charge in [-0.15, -0.1) is 0 Å². The zero-order chi connectivity index (χ0) is 23.6. The van der Waals surface area contributed by atoms with E-state index in [9.17, 15) is 0 Å².